The molecule has 0 bridgehead atoms. The maximum atomic E-state index is 10.9. The van der Waals surface area contributed by atoms with Crippen LogP contribution >= 0.6 is 0 Å². The Bertz CT molecular complexity index is 698. The van der Waals surface area contributed by atoms with Gasteiger partial charge in [-0.25, -0.2) is 0 Å². The standard InChI is InChI=1S/C15H14N2O4/c1-10-6-13(7-14(16-10)9-21-11(2)18)12-4-3-5-15(8-12)17(19)20/h3-8H,9H2,1-2H3. The van der Waals surface area contributed by atoms with Gasteiger partial charge in [-0.1, -0.05) is 12.1 Å². The zero-order chi connectivity index (χ0) is 15.4. The number of benzene rings is 1. The van der Waals surface area contributed by atoms with Gasteiger partial charge < -0.3 is 4.74 Å². The zero-order valence-electron chi connectivity index (χ0n) is 11.7. The molecule has 0 saturated heterocycles. The van der Waals surface area contributed by atoms with E-state index in [2.05, 4.69) is 4.98 Å². The molecule has 6 heteroatoms. The summed E-state index contributed by atoms with van der Waals surface area (Å²) in [7, 11) is 0. The largest absolute Gasteiger partial charge is 0.459 e. The van der Waals surface area contributed by atoms with Gasteiger partial charge in [0.2, 0.25) is 0 Å². The topological polar surface area (TPSA) is 82.3 Å². The molecule has 0 radical (unpaired) electrons. The Balaban J connectivity index is 2.37. The zero-order valence-corrected chi connectivity index (χ0v) is 11.7. The van der Waals surface area contributed by atoms with Crippen molar-refractivity contribution in [2.24, 2.45) is 0 Å². The number of aryl methyl sites for hydroxylation is 1. The van der Waals surface area contributed by atoms with Crippen LogP contribution in [-0.2, 0) is 16.1 Å². The molecule has 0 N–H and O–H groups in total. The summed E-state index contributed by atoms with van der Waals surface area (Å²) in [5.41, 5.74) is 2.91. The van der Waals surface area contributed by atoms with Crippen molar-refractivity contribution in [1.29, 1.82) is 0 Å². The molecule has 1 heterocycles. The average molecular weight is 286 g/mol. The van der Waals surface area contributed by atoms with Crippen molar-refractivity contribution in [3.8, 4) is 11.1 Å². The van der Waals surface area contributed by atoms with Gasteiger partial charge in [0.25, 0.3) is 5.69 Å². The predicted molar refractivity (Wildman–Crippen MR) is 76.5 cm³/mol. The summed E-state index contributed by atoms with van der Waals surface area (Å²) in [5.74, 6) is -0.379. The van der Waals surface area contributed by atoms with Gasteiger partial charge in [0.05, 0.1) is 10.6 Å². The highest BCUT2D eigenvalue weighted by Gasteiger charge is 2.09. The average Bonchev–Trinajstić information content (AvgIpc) is 2.44. The van der Waals surface area contributed by atoms with Crippen molar-refractivity contribution in [1.82, 2.24) is 4.98 Å². The molecule has 0 unspecified atom stereocenters. The summed E-state index contributed by atoms with van der Waals surface area (Å²) in [5, 5.41) is 10.8. The fraction of sp³-hybridized carbons (Fsp3) is 0.200. The van der Waals surface area contributed by atoms with Crippen LogP contribution in [0.2, 0.25) is 0 Å². The Labute approximate surface area is 121 Å². The molecule has 0 aliphatic heterocycles. The number of nitro benzene ring substituents is 1. The van der Waals surface area contributed by atoms with Crippen LogP contribution in [0.15, 0.2) is 36.4 Å². The summed E-state index contributed by atoms with van der Waals surface area (Å²) < 4.78 is 4.93. The molecule has 1 aromatic heterocycles. The van der Waals surface area contributed by atoms with E-state index in [0.717, 1.165) is 16.8 Å². The molecule has 0 aliphatic rings. The van der Waals surface area contributed by atoms with Crippen molar-refractivity contribution in [2.75, 3.05) is 0 Å². The molecular formula is C15H14N2O4. The van der Waals surface area contributed by atoms with Gasteiger partial charge >= 0.3 is 5.97 Å². The van der Waals surface area contributed by atoms with Crippen molar-refractivity contribution in [3.63, 3.8) is 0 Å². The third-order valence-corrected chi connectivity index (χ3v) is 2.82. The minimum absolute atomic E-state index is 0.0310. The van der Waals surface area contributed by atoms with E-state index in [-0.39, 0.29) is 18.3 Å². The number of ether oxygens (including phenoxy) is 1. The molecule has 0 saturated carbocycles. The Morgan fingerprint density at radius 1 is 1.29 bits per heavy atom. The molecule has 0 fully saturated rings. The highest BCUT2D eigenvalue weighted by Crippen LogP contribution is 2.25. The number of nitrogens with zero attached hydrogens (tertiary/aromatic N) is 2. The number of non-ortho nitro benzene ring substituents is 1. The van der Waals surface area contributed by atoms with E-state index in [1.165, 1.54) is 19.1 Å². The third kappa shape index (κ3) is 3.85. The first-order chi connectivity index (χ1) is 9.95. The molecular weight excluding hydrogens is 272 g/mol. The molecule has 1 aromatic carbocycles. The molecule has 0 aliphatic carbocycles. The monoisotopic (exact) mass is 286 g/mol. The first-order valence-corrected chi connectivity index (χ1v) is 6.31. The summed E-state index contributed by atoms with van der Waals surface area (Å²) in [4.78, 5) is 25.5. The van der Waals surface area contributed by atoms with Crippen LogP contribution in [0.3, 0.4) is 0 Å². The Hall–Kier alpha value is -2.76. The molecule has 6 nitrogen and oxygen atoms in total. The molecule has 108 valence electrons. The maximum absolute atomic E-state index is 10.9. The summed E-state index contributed by atoms with van der Waals surface area (Å²) >= 11 is 0. The van der Waals surface area contributed by atoms with Gasteiger partial charge in [-0.15, -0.1) is 0 Å². The lowest BCUT2D eigenvalue weighted by molar-refractivity contribution is -0.384. The van der Waals surface area contributed by atoms with Crippen LogP contribution in [0.25, 0.3) is 11.1 Å². The number of aromatic nitrogens is 1. The molecule has 2 rings (SSSR count). The van der Waals surface area contributed by atoms with Crippen LogP contribution in [0, 0.1) is 17.0 Å². The van der Waals surface area contributed by atoms with E-state index in [9.17, 15) is 14.9 Å². The third-order valence-electron chi connectivity index (χ3n) is 2.82. The number of carbonyl (C=O) groups is 1. The molecule has 0 spiro atoms. The smallest absolute Gasteiger partial charge is 0.303 e. The number of pyridine rings is 1. The first-order valence-electron chi connectivity index (χ1n) is 6.31. The Kier molecular flexibility index (Phi) is 4.27. The SMILES string of the molecule is CC(=O)OCc1cc(-c2cccc([N+](=O)[O-])c2)cc(C)n1. The number of rotatable bonds is 4. The van der Waals surface area contributed by atoms with Crippen molar-refractivity contribution >= 4 is 11.7 Å². The van der Waals surface area contributed by atoms with Gasteiger partial charge in [-0.05, 0) is 30.2 Å². The van der Waals surface area contributed by atoms with Gasteiger partial charge in [0.15, 0.2) is 0 Å². The molecule has 0 atom stereocenters. The second kappa shape index (κ2) is 6.13. The second-order valence-corrected chi connectivity index (χ2v) is 4.58. The highest BCUT2D eigenvalue weighted by atomic mass is 16.6. The van der Waals surface area contributed by atoms with Crippen molar-refractivity contribution < 1.29 is 14.5 Å². The van der Waals surface area contributed by atoms with E-state index in [0.29, 0.717) is 5.69 Å². The molecule has 0 amide bonds. The van der Waals surface area contributed by atoms with Gasteiger partial charge in [0.1, 0.15) is 6.61 Å². The normalized spacial score (nSPS) is 10.2. The molecule has 2 aromatic rings. The van der Waals surface area contributed by atoms with Crippen molar-refractivity contribution in [3.05, 3.63) is 57.9 Å². The number of hydrogen-bond donors (Lipinski definition) is 0. The van der Waals surface area contributed by atoms with E-state index in [4.69, 9.17) is 4.74 Å². The van der Waals surface area contributed by atoms with Crippen LogP contribution < -0.4 is 0 Å². The Morgan fingerprint density at radius 2 is 2.05 bits per heavy atom. The van der Waals surface area contributed by atoms with E-state index < -0.39 is 4.92 Å². The minimum Gasteiger partial charge on any atom is -0.459 e. The highest BCUT2D eigenvalue weighted by molar-refractivity contribution is 5.67. The Morgan fingerprint density at radius 3 is 2.71 bits per heavy atom. The summed E-state index contributed by atoms with van der Waals surface area (Å²) in [6.07, 6.45) is 0. The van der Waals surface area contributed by atoms with Crippen molar-refractivity contribution in [2.45, 2.75) is 20.5 Å². The quantitative estimate of drug-likeness (QED) is 0.490. The lowest BCUT2D eigenvalue weighted by Gasteiger charge is -2.07. The molecule has 21 heavy (non-hydrogen) atoms. The fourth-order valence-electron chi connectivity index (χ4n) is 1.95. The van der Waals surface area contributed by atoms with E-state index >= 15 is 0 Å². The number of hydrogen-bond acceptors (Lipinski definition) is 5. The number of carbonyl (C=O) groups excluding carboxylic acids is 1. The summed E-state index contributed by atoms with van der Waals surface area (Å²) in [6, 6.07) is 9.96. The predicted octanol–water partition coefficient (Wildman–Crippen LogP) is 3.03. The number of nitro groups is 1. The van der Waals surface area contributed by atoms with Crippen LogP contribution in [0.1, 0.15) is 18.3 Å². The van der Waals surface area contributed by atoms with Gasteiger partial charge in [-0.3, -0.25) is 19.9 Å². The summed E-state index contributed by atoms with van der Waals surface area (Å²) in [6.45, 7) is 3.23. The number of esters is 1. The van der Waals surface area contributed by atoms with Gasteiger partial charge in [0, 0.05) is 24.8 Å². The minimum atomic E-state index is -0.433. The second-order valence-electron chi connectivity index (χ2n) is 4.58. The van der Waals surface area contributed by atoms with Crippen LogP contribution in [0.5, 0.6) is 0 Å². The first kappa shape index (κ1) is 14.6. The van der Waals surface area contributed by atoms with Crippen LogP contribution in [-0.4, -0.2) is 15.9 Å². The van der Waals surface area contributed by atoms with Gasteiger partial charge in [-0.2, -0.15) is 0 Å². The fourth-order valence-corrected chi connectivity index (χ4v) is 1.95. The lowest BCUT2D eigenvalue weighted by Crippen LogP contribution is -2.02. The maximum Gasteiger partial charge on any atom is 0.303 e. The van der Waals surface area contributed by atoms with E-state index in [1.54, 1.807) is 18.2 Å². The lowest BCUT2D eigenvalue weighted by atomic mass is 10.0. The van der Waals surface area contributed by atoms with Crippen LogP contribution in [0.4, 0.5) is 5.69 Å². The van der Waals surface area contributed by atoms with E-state index in [1.807, 2.05) is 13.0 Å².